The Hall–Kier alpha value is -2.57. The van der Waals surface area contributed by atoms with Gasteiger partial charge < -0.3 is 10.0 Å². The molecule has 1 amide bonds. The zero-order valence-electron chi connectivity index (χ0n) is 13.0. The fourth-order valence-electron chi connectivity index (χ4n) is 3.10. The second kappa shape index (κ2) is 6.68. The lowest BCUT2D eigenvalue weighted by Gasteiger charge is -2.27. The fourth-order valence-corrected chi connectivity index (χ4v) is 3.10. The van der Waals surface area contributed by atoms with Crippen LogP contribution in [0.2, 0.25) is 0 Å². The van der Waals surface area contributed by atoms with Gasteiger partial charge in [0.05, 0.1) is 6.04 Å². The van der Waals surface area contributed by atoms with E-state index >= 15 is 0 Å². The van der Waals surface area contributed by atoms with Crippen molar-refractivity contribution in [3.63, 3.8) is 0 Å². The fraction of sp³-hybridized carbons (Fsp3) is 0.250. The third-order valence-electron chi connectivity index (χ3n) is 4.34. The number of nitrogens with zero attached hydrogens (tertiary/aromatic N) is 1. The maximum Gasteiger partial charge on any atom is 0.223 e. The summed E-state index contributed by atoms with van der Waals surface area (Å²) in [5, 5.41) is 10.6. The summed E-state index contributed by atoms with van der Waals surface area (Å²) in [6.07, 6.45) is -0.466. The van der Waals surface area contributed by atoms with Crippen molar-refractivity contribution in [1.82, 2.24) is 4.90 Å². The molecule has 1 heterocycles. The number of hydrogen-bond acceptors (Lipinski definition) is 2. The summed E-state index contributed by atoms with van der Waals surface area (Å²) in [4.78, 5) is 13.7. The molecule has 0 aliphatic carbocycles. The van der Waals surface area contributed by atoms with Crippen LogP contribution in [0, 0.1) is 11.8 Å². The zero-order valence-corrected chi connectivity index (χ0v) is 13.0. The smallest absolute Gasteiger partial charge is 0.223 e. The highest BCUT2D eigenvalue weighted by molar-refractivity contribution is 5.80. The van der Waals surface area contributed by atoms with Crippen LogP contribution in [0.4, 0.5) is 0 Å². The summed E-state index contributed by atoms with van der Waals surface area (Å²) in [6, 6.07) is 19.1. The quantitative estimate of drug-likeness (QED) is 0.866. The number of amides is 1. The second-order valence-electron chi connectivity index (χ2n) is 5.80. The Morgan fingerprint density at radius 1 is 1.09 bits per heavy atom. The average Bonchev–Trinajstić information content (AvgIpc) is 2.90. The molecular formula is C20H19NO2. The van der Waals surface area contributed by atoms with Crippen LogP contribution in [0.15, 0.2) is 60.7 Å². The van der Waals surface area contributed by atoms with Gasteiger partial charge in [-0.1, -0.05) is 60.4 Å². The first-order chi connectivity index (χ1) is 11.2. The molecule has 116 valence electrons. The third kappa shape index (κ3) is 3.28. The van der Waals surface area contributed by atoms with Crippen molar-refractivity contribution in [1.29, 1.82) is 0 Å². The van der Waals surface area contributed by atoms with Crippen LogP contribution in [0.5, 0.6) is 0 Å². The Balaban J connectivity index is 1.86. The van der Waals surface area contributed by atoms with Crippen molar-refractivity contribution in [3.8, 4) is 11.8 Å². The molecule has 0 saturated carbocycles. The molecule has 23 heavy (non-hydrogen) atoms. The summed E-state index contributed by atoms with van der Waals surface area (Å²) in [6.45, 7) is 0. The van der Waals surface area contributed by atoms with Crippen molar-refractivity contribution in [2.24, 2.45) is 0 Å². The lowest BCUT2D eigenvalue weighted by molar-refractivity contribution is -0.128. The molecule has 0 spiro atoms. The molecule has 3 nitrogen and oxygen atoms in total. The summed E-state index contributed by atoms with van der Waals surface area (Å²) in [5.41, 5.74) is 1.92. The van der Waals surface area contributed by atoms with Crippen molar-refractivity contribution < 1.29 is 9.90 Å². The van der Waals surface area contributed by atoms with Crippen molar-refractivity contribution in [2.75, 3.05) is 7.05 Å². The van der Waals surface area contributed by atoms with Gasteiger partial charge in [-0.25, -0.2) is 0 Å². The van der Waals surface area contributed by atoms with Crippen LogP contribution in [0.3, 0.4) is 0 Å². The molecule has 1 saturated heterocycles. The van der Waals surface area contributed by atoms with E-state index in [0.717, 1.165) is 11.1 Å². The number of benzene rings is 2. The number of rotatable bonds is 2. The molecule has 3 heteroatoms. The lowest BCUT2D eigenvalue weighted by Crippen LogP contribution is -2.40. The van der Waals surface area contributed by atoms with E-state index in [9.17, 15) is 9.90 Å². The van der Waals surface area contributed by atoms with Gasteiger partial charge in [-0.2, -0.15) is 0 Å². The largest absolute Gasteiger partial charge is 0.378 e. The highest BCUT2D eigenvalue weighted by Crippen LogP contribution is 2.35. The minimum absolute atomic E-state index is 0.0335. The van der Waals surface area contributed by atoms with Crippen LogP contribution in [0.1, 0.15) is 23.5 Å². The monoisotopic (exact) mass is 305 g/mol. The molecule has 1 fully saturated rings. The molecule has 1 N–H and O–H groups in total. The predicted molar refractivity (Wildman–Crippen MR) is 89.7 cm³/mol. The van der Waals surface area contributed by atoms with Gasteiger partial charge in [-0.15, -0.1) is 0 Å². The molecule has 1 aliphatic rings. The molecule has 2 aromatic carbocycles. The van der Waals surface area contributed by atoms with E-state index in [1.54, 1.807) is 11.9 Å². The number of hydrogen-bond donors (Lipinski definition) is 1. The Labute approximate surface area is 136 Å². The van der Waals surface area contributed by atoms with E-state index in [2.05, 4.69) is 11.8 Å². The van der Waals surface area contributed by atoms with Gasteiger partial charge in [0, 0.05) is 24.9 Å². The Morgan fingerprint density at radius 2 is 1.70 bits per heavy atom. The molecule has 1 aliphatic heterocycles. The number of aliphatic hydroxyl groups is 1. The van der Waals surface area contributed by atoms with Crippen molar-refractivity contribution in [3.05, 3.63) is 71.8 Å². The Morgan fingerprint density at radius 3 is 2.35 bits per heavy atom. The van der Waals surface area contributed by atoms with E-state index in [1.807, 2.05) is 60.7 Å². The standard InChI is InChI=1S/C20H19NO2/c1-21-19(23)14-17(16-10-6-3-7-11-16)20(21)18(22)13-12-15-8-4-2-5-9-15/h2-11,17-18,20,22H,14H2,1H3. The van der Waals surface area contributed by atoms with Gasteiger partial charge >= 0.3 is 0 Å². The molecule has 0 bridgehead atoms. The van der Waals surface area contributed by atoms with Gasteiger partial charge in [0.1, 0.15) is 6.10 Å². The zero-order chi connectivity index (χ0) is 16.2. The van der Waals surface area contributed by atoms with E-state index in [4.69, 9.17) is 0 Å². The van der Waals surface area contributed by atoms with Crippen molar-refractivity contribution >= 4 is 5.91 Å². The topological polar surface area (TPSA) is 40.5 Å². The summed E-state index contributed by atoms with van der Waals surface area (Å²) in [5.74, 6) is 5.91. The van der Waals surface area contributed by atoms with E-state index in [-0.39, 0.29) is 17.9 Å². The highest BCUT2D eigenvalue weighted by Gasteiger charge is 2.41. The molecule has 0 aromatic heterocycles. The van der Waals surface area contributed by atoms with Crippen LogP contribution in [-0.4, -0.2) is 35.1 Å². The second-order valence-corrected chi connectivity index (χ2v) is 5.80. The number of likely N-dealkylation sites (N-methyl/N-ethyl adjacent to an activating group) is 1. The first kappa shape index (κ1) is 15.3. The molecule has 3 rings (SSSR count). The maximum absolute atomic E-state index is 12.1. The van der Waals surface area contributed by atoms with E-state index in [0.29, 0.717) is 6.42 Å². The first-order valence-electron chi connectivity index (χ1n) is 7.72. The minimum Gasteiger partial charge on any atom is -0.378 e. The SMILES string of the molecule is CN1C(=O)CC(c2ccccc2)C1C(O)C#Cc1ccccc1. The number of aliphatic hydroxyl groups excluding tert-OH is 1. The number of carbonyl (C=O) groups excluding carboxylic acids is 1. The Bertz CT molecular complexity index is 730. The molecule has 3 atom stereocenters. The average molecular weight is 305 g/mol. The number of carbonyl (C=O) groups is 1. The lowest BCUT2D eigenvalue weighted by atomic mass is 9.88. The van der Waals surface area contributed by atoms with Crippen LogP contribution < -0.4 is 0 Å². The van der Waals surface area contributed by atoms with Gasteiger partial charge in [-0.05, 0) is 17.7 Å². The van der Waals surface area contributed by atoms with Crippen LogP contribution >= 0.6 is 0 Å². The van der Waals surface area contributed by atoms with Gasteiger partial charge in [-0.3, -0.25) is 4.79 Å². The maximum atomic E-state index is 12.1. The molecule has 2 aromatic rings. The predicted octanol–water partition coefficient (Wildman–Crippen LogP) is 2.41. The van der Waals surface area contributed by atoms with Crippen LogP contribution in [0.25, 0.3) is 0 Å². The number of likely N-dealkylation sites (tertiary alicyclic amines) is 1. The van der Waals surface area contributed by atoms with E-state index < -0.39 is 6.10 Å². The minimum atomic E-state index is -0.878. The molecular weight excluding hydrogens is 286 g/mol. The van der Waals surface area contributed by atoms with Gasteiger partial charge in [0.2, 0.25) is 5.91 Å². The first-order valence-corrected chi connectivity index (χ1v) is 7.72. The molecule has 0 radical (unpaired) electrons. The van der Waals surface area contributed by atoms with E-state index in [1.165, 1.54) is 0 Å². The third-order valence-corrected chi connectivity index (χ3v) is 4.34. The summed E-state index contributed by atoms with van der Waals surface area (Å²) < 4.78 is 0. The summed E-state index contributed by atoms with van der Waals surface area (Å²) >= 11 is 0. The summed E-state index contributed by atoms with van der Waals surface area (Å²) in [7, 11) is 1.74. The van der Waals surface area contributed by atoms with Crippen molar-refractivity contribution in [2.45, 2.75) is 24.5 Å². The van der Waals surface area contributed by atoms with Gasteiger partial charge in [0.25, 0.3) is 0 Å². The highest BCUT2D eigenvalue weighted by atomic mass is 16.3. The normalized spacial score (nSPS) is 21.7. The molecule has 3 unspecified atom stereocenters. The van der Waals surface area contributed by atoms with Crippen LogP contribution in [-0.2, 0) is 4.79 Å². The Kier molecular flexibility index (Phi) is 4.45. The van der Waals surface area contributed by atoms with Gasteiger partial charge in [0.15, 0.2) is 0 Å².